The van der Waals surface area contributed by atoms with Crippen LogP contribution in [0.25, 0.3) is 0 Å². The van der Waals surface area contributed by atoms with E-state index in [0.29, 0.717) is 12.0 Å². The van der Waals surface area contributed by atoms with Crippen LogP contribution >= 0.6 is 0 Å². The van der Waals surface area contributed by atoms with Crippen molar-refractivity contribution in [2.75, 3.05) is 13.1 Å². The Hall–Kier alpha value is -1.88. The number of carbonyl (C=O) groups excluding carboxylic acids is 1. The molecule has 5 nitrogen and oxygen atoms in total. The predicted molar refractivity (Wildman–Crippen MR) is 106 cm³/mol. The molecule has 0 heterocycles. The molecule has 1 spiro atoms. The zero-order valence-corrected chi connectivity index (χ0v) is 16.4. The van der Waals surface area contributed by atoms with E-state index in [4.69, 9.17) is 0 Å². The van der Waals surface area contributed by atoms with Gasteiger partial charge in [-0.2, -0.15) is 0 Å². The number of hydrogen-bond acceptors (Lipinski definition) is 3. The van der Waals surface area contributed by atoms with E-state index in [2.05, 4.69) is 34.5 Å². The van der Waals surface area contributed by atoms with E-state index in [1.165, 1.54) is 30.4 Å². The number of nitrogens with one attached hydrogen (secondary N) is 1. The average molecular weight is 383 g/mol. The number of carboxylic acids is 1. The largest absolute Gasteiger partial charge is 0.480 e. The molecule has 0 bridgehead atoms. The fourth-order valence-corrected chi connectivity index (χ4v) is 5.63. The first-order valence-electron chi connectivity index (χ1n) is 10.9. The molecule has 0 aromatic heterocycles. The number of aryl methyl sites for hydroxylation is 1. The molecular weight excluding hydrogens is 352 g/mol. The number of aliphatic carboxylic acids is 1. The van der Waals surface area contributed by atoms with Crippen LogP contribution in [0.4, 0.5) is 0 Å². The third kappa shape index (κ3) is 3.34. The lowest BCUT2D eigenvalue weighted by Gasteiger charge is -2.43. The number of fused-ring (bicyclic) bond motifs is 2. The summed E-state index contributed by atoms with van der Waals surface area (Å²) in [6, 6.07) is 9.18. The maximum Gasteiger partial charge on any atom is 0.317 e. The van der Waals surface area contributed by atoms with Crippen LogP contribution < -0.4 is 5.32 Å². The molecule has 2 N–H and O–H groups in total. The molecule has 0 radical (unpaired) electrons. The van der Waals surface area contributed by atoms with Crippen LogP contribution in [0.3, 0.4) is 0 Å². The SMILES string of the molecule is O=C(O)CN(CC1CC1)C1CC(NC(=O)C2CC23CCCc2ccccc23)C1. The van der Waals surface area contributed by atoms with Gasteiger partial charge in [-0.1, -0.05) is 24.3 Å². The van der Waals surface area contributed by atoms with Crippen LogP contribution in [-0.2, 0) is 21.4 Å². The quantitative estimate of drug-likeness (QED) is 0.761. The molecule has 4 aliphatic carbocycles. The van der Waals surface area contributed by atoms with Crippen molar-refractivity contribution in [2.45, 2.75) is 68.9 Å². The molecule has 150 valence electrons. The summed E-state index contributed by atoms with van der Waals surface area (Å²) in [7, 11) is 0. The Morgan fingerprint density at radius 3 is 2.75 bits per heavy atom. The number of amides is 1. The van der Waals surface area contributed by atoms with Crippen molar-refractivity contribution < 1.29 is 14.7 Å². The van der Waals surface area contributed by atoms with E-state index in [9.17, 15) is 14.7 Å². The van der Waals surface area contributed by atoms with E-state index >= 15 is 0 Å². The van der Waals surface area contributed by atoms with Gasteiger partial charge in [0.05, 0.1) is 6.54 Å². The molecule has 5 rings (SSSR count). The van der Waals surface area contributed by atoms with Crippen LogP contribution in [-0.4, -0.2) is 47.1 Å². The van der Waals surface area contributed by atoms with Gasteiger partial charge in [0.2, 0.25) is 5.91 Å². The average Bonchev–Trinajstić information content (AvgIpc) is 3.55. The molecule has 1 amide bonds. The van der Waals surface area contributed by atoms with Crippen LogP contribution in [0.15, 0.2) is 24.3 Å². The Labute approximate surface area is 166 Å². The first kappa shape index (κ1) is 18.2. The minimum atomic E-state index is -0.746. The fourth-order valence-electron chi connectivity index (χ4n) is 5.63. The second-order valence-corrected chi connectivity index (χ2v) is 9.52. The summed E-state index contributed by atoms with van der Waals surface area (Å²) in [5, 5.41) is 12.5. The van der Waals surface area contributed by atoms with Gasteiger partial charge in [0.15, 0.2) is 0 Å². The van der Waals surface area contributed by atoms with Gasteiger partial charge in [0.1, 0.15) is 0 Å². The molecule has 3 saturated carbocycles. The lowest BCUT2D eigenvalue weighted by molar-refractivity contribution is -0.140. The number of nitrogens with zero attached hydrogens (tertiary/aromatic N) is 1. The summed E-state index contributed by atoms with van der Waals surface area (Å²) in [6.45, 7) is 1.03. The van der Waals surface area contributed by atoms with Crippen molar-refractivity contribution >= 4 is 11.9 Å². The highest BCUT2D eigenvalue weighted by Gasteiger charge is 2.60. The Balaban J connectivity index is 1.16. The number of benzene rings is 1. The van der Waals surface area contributed by atoms with Gasteiger partial charge in [0, 0.05) is 30.0 Å². The highest BCUT2D eigenvalue weighted by atomic mass is 16.4. The second kappa shape index (κ2) is 6.87. The molecular formula is C23H30N2O3. The maximum atomic E-state index is 12.9. The lowest BCUT2D eigenvalue weighted by atomic mass is 9.78. The highest BCUT2D eigenvalue weighted by Crippen LogP contribution is 2.60. The van der Waals surface area contributed by atoms with E-state index < -0.39 is 5.97 Å². The van der Waals surface area contributed by atoms with Crippen molar-refractivity contribution in [1.82, 2.24) is 10.2 Å². The Morgan fingerprint density at radius 2 is 2.00 bits per heavy atom. The van der Waals surface area contributed by atoms with Crippen molar-refractivity contribution in [3.63, 3.8) is 0 Å². The summed E-state index contributed by atoms with van der Waals surface area (Å²) in [4.78, 5) is 26.2. The van der Waals surface area contributed by atoms with Gasteiger partial charge in [0.25, 0.3) is 0 Å². The number of rotatable bonds is 7. The molecule has 1 aromatic rings. The number of carboxylic acid groups (broad SMARTS) is 1. The molecule has 3 fully saturated rings. The molecule has 28 heavy (non-hydrogen) atoms. The zero-order valence-electron chi connectivity index (χ0n) is 16.4. The van der Waals surface area contributed by atoms with Crippen molar-refractivity contribution in [3.05, 3.63) is 35.4 Å². The predicted octanol–water partition coefficient (Wildman–Crippen LogP) is 2.72. The highest BCUT2D eigenvalue weighted by molar-refractivity contribution is 5.85. The summed E-state index contributed by atoms with van der Waals surface area (Å²) >= 11 is 0. The van der Waals surface area contributed by atoms with Crippen LogP contribution in [0.2, 0.25) is 0 Å². The molecule has 4 aliphatic rings. The topological polar surface area (TPSA) is 69.6 Å². The smallest absolute Gasteiger partial charge is 0.317 e. The molecule has 0 saturated heterocycles. The van der Waals surface area contributed by atoms with Crippen molar-refractivity contribution in [2.24, 2.45) is 11.8 Å². The number of carbonyl (C=O) groups is 2. The van der Waals surface area contributed by atoms with Crippen LogP contribution in [0, 0.1) is 11.8 Å². The van der Waals surface area contributed by atoms with Crippen LogP contribution in [0.5, 0.6) is 0 Å². The lowest BCUT2D eigenvalue weighted by Crippen LogP contribution is -2.55. The normalized spacial score (nSPS) is 33.2. The van der Waals surface area contributed by atoms with Gasteiger partial charge in [-0.05, 0) is 68.4 Å². The van der Waals surface area contributed by atoms with Gasteiger partial charge >= 0.3 is 5.97 Å². The van der Waals surface area contributed by atoms with Gasteiger partial charge in [-0.3, -0.25) is 14.5 Å². The molecule has 0 aliphatic heterocycles. The van der Waals surface area contributed by atoms with E-state index in [1.807, 2.05) is 0 Å². The van der Waals surface area contributed by atoms with E-state index in [0.717, 1.165) is 38.6 Å². The Morgan fingerprint density at radius 1 is 1.21 bits per heavy atom. The first-order valence-corrected chi connectivity index (χ1v) is 10.9. The van der Waals surface area contributed by atoms with E-state index in [-0.39, 0.29) is 29.8 Å². The number of hydrogen-bond donors (Lipinski definition) is 2. The summed E-state index contributed by atoms with van der Waals surface area (Å²) in [5.41, 5.74) is 2.92. The van der Waals surface area contributed by atoms with Crippen molar-refractivity contribution in [3.8, 4) is 0 Å². The second-order valence-electron chi connectivity index (χ2n) is 9.52. The fraction of sp³-hybridized carbons (Fsp3) is 0.652. The first-order chi connectivity index (χ1) is 13.5. The zero-order chi connectivity index (χ0) is 19.3. The van der Waals surface area contributed by atoms with Gasteiger partial charge in [-0.15, -0.1) is 0 Å². The van der Waals surface area contributed by atoms with Gasteiger partial charge in [-0.25, -0.2) is 0 Å². The third-order valence-electron chi connectivity index (χ3n) is 7.52. The van der Waals surface area contributed by atoms with Crippen LogP contribution in [0.1, 0.15) is 56.1 Å². The molecule has 2 unspecified atom stereocenters. The Kier molecular flexibility index (Phi) is 4.46. The standard InChI is InChI=1S/C23H30N2O3/c26-21(27)14-25(13-15-7-8-15)18-10-17(11-18)24-22(28)20-12-23(20)9-3-5-16-4-1-2-6-19(16)23/h1-2,4,6,15,17-18,20H,3,5,7-14H2,(H,24,28)(H,26,27). The van der Waals surface area contributed by atoms with Gasteiger partial charge < -0.3 is 10.4 Å². The third-order valence-corrected chi connectivity index (χ3v) is 7.52. The molecule has 1 aromatic carbocycles. The minimum absolute atomic E-state index is 0.0867. The van der Waals surface area contributed by atoms with Crippen molar-refractivity contribution in [1.29, 1.82) is 0 Å². The molecule has 2 atom stereocenters. The summed E-state index contributed by atoms with van der Waals surface area (Å²) < 4.78 is 0. The van der Waals surface area contributed by atoms with E-state index in [1.54, 1.807) is 0 Å². The Bertz CT molecular complexity index is 784. The monoisotopic (exact) mass is 382 g/mol. The molecule has 5 heteroatoms. The summed E-state index contributed by atoms with van der Waals surface area (Å²) in [6.07, 6.45) is 8.67. The minimum Gasteiger partial charge on any atom is -0.480 e. The maximum absolute atomic E-state index is 12.9. The summed E-state index contributed by atoms with van der Waals surface area (Å²) in [5.74, 6) is 0.274.